The van der Waals surface area contributed by atoms with Crippen LogP contribution in [0.25, 0.3) is 11.4 Å². The van der Waals surface area contributed by atoms with Crippen LogP contribution in [0, 0.1) is 18.3 Å². The van der Waals surface area contributed by atoms with Gasteiger partial charge in [-0.05, 0) is 36.8 Å². The van der Waals surface area contributed by atoms with Gasteiger partial charge in [0.05, 0.1) is 18.2 Å². The quantitative estimate of drug-likeness (QED) is 0.737. The Morgan fingerprint density at radius 1 is 1.22 bits per heavy atom. The fourth-order valence-electron chi connectivity index (χ4n) is 3.02. The molecule has 0 saturated heterocycles. The van der Waals surface area contributed by atoms with Crippen molar-refractivity contribution in [2.75, 3.05) is 6.61 Å². The fraction of sp³-hybridized carbons (Fsp3) is 0.190. The van der Waals surface area contributed by atoms with Crippen LogP contribution in [-0.4, -0.2) is 21.3 Å². The standard InChI is InChI=1S/C21H18ClN3O2/c1-14-19(8-9-26)21(27)25(13-16-5-2-4-15(10-16)12-23)20(24-14)17-6-3-7-18(22)11-17/h2-7,10-11,26H,8-9,13H2,1H3. The van der Waals surface area contributed by atoms with Gasteiger partial charge in [0, 0.05) is 34.9 Å². The number of aliphatic hydroxyl groups is 1. The average molecular weight is 380 g/mol. The number of hydrogen-bond donors (Lipinski definition) is 1. The van der Waals surface area contributed by atoms with E-state index in [1.54, 1.807) is 47.9 Å². The molecule has 5 nitrogen and oxygen atoms in total. The van der Waals surface area contributed by atoms with Gasteiger partial charge in [0.1, 0.15) is 5.82 Å². The number of nitrogens with zero attached hydrogens (tertiary/aromatic N) is 3. The summed E-state index contributed by atoms with van der Waals surface area (Å²) < 4.78 is 1.57. The number of aromatic nitrogens is 2. The molecule has 0 radical (unpaired) electrons. The molecule has 6 heteroatoms. The third-order valence-corrected chi connectivity index (χ3v) is 4.55. The minimum absolute atomic E-state index is 0.127. The van der Waals surface area contributed by atoms with Crippen molar-refractivity contribution in [1.82, 2.24) is 9.55 Å². The van der Waals surface area contributed by atoms with Crippen LogP contribution in [0.3, 0.4) is 0 Å². The molecule has 1 N–H and O–H groups in total. The molecule has 3 rings (SSSR count). The monoisotopic (exact) mass is 379 g/mol. The smallest absolute Gasteiger partial charge is 0.257 e. The van der Waals surface area contributed by atoms with Gasteiger partial charge in [-0.2, -0.15) is 5.26 Å². The van der Waals surface area contributed by atoms with Crippen LogP contribution < -0.4 is 5.56 Å². The molecular formula is C21H18ClN3O2. The summed E-state index contributed by atoms with van der Waals surface area (Å²) in [5.41, 5.74) is 2.95. The number of benzene rings is 2. The number of aryl methyl sites for hydroxylation is 1. The first-order chi connectivity index (χ1) is 13.0. The molecule has 0 fully saturated rings. The third kappa shape index (κ3) is 4.08. The van der Waals surface area contributed by atoms with Crippen molar-refractivity contribution in [3.8, 4) is 17.5 Å². The van der Waals surface area contributed by atoms with E-state index in [9.17, 15) is 9.90 Å². The maximum atomic E-state index is 13.1. The lowest BCUT2D eigenvalue weighted by molar-refractivity contribution is 0.298. The van der Waals surface area contributed by atoms with Gasteiger partial charge < -0.3 is 5.11 Å². The third-order valence-electron chi connectivity index (χ3n) is 4.31. The van der Waals surface area contributed by atoms with Crippen LogP contribution in [-0.2, 0) is 13.0 Å². The maximum absolute atomic E-state index is 13.1. The number of rotatable bonds is 5. The Morgan fingerprint density at radius 2 is 2.00 bits per heavy atom. The molecule has 1 aromatic heterocycles. The Morgan fingerprint density at radius 3 is 2.70 bits per heavy atom. The number of hydrogen-bond acceptors (Lipinski definition) is 4. The molecule has 2 aromatic carbocycles. The molecule has 0 aliphatic carbocycles. The van der Waals surface area contributed by atoms with Crippen LogP contribution in [0.1, 0.15) is 22.4 Å². The number of aliphatic hydroxyl groups excluding tert-OH is 1. The first-order valence-electron chi connectivity index (χ1n) is 8.49. The topological polar surface area (TPSA) is 78.9 Å². The molecule has 27 heavy (non-hydrogen) atoms. The molecule has 136 valence electrons. The first kappa shape index (κ1) is 18.8. The first-order valence-corrected chi connectivity index (χ1v) is 8.87. The Kier molecular flexibility index (Phi) is 5.70. The fourth-order valence-corrected chi connectivity index (χ4v) is 3.21. The van der Waals surface area contributed by atoms with Gasteiger partial charge in [0.25, 0.3) is 5.56 Å². The molecule has 0 aliphatic heterocycles. The lowest BCUT2D eigenvalue weighted by Gasteiger charge is -2.16. The maximum Gasteiger partial charge on any atom is 0.257 e. The van der Waals surface area contributed by atoms with E-state index in [0.717, 1.165) is 11.1 Å². The zero-order valence-electron chi connectivity index (χ0n) is 14.8. The van der Waals surface area contributed by atoms with E-state index in [1.807, 2.05) is 12.1 Å². The second-order valence-corrected chi connectivity index (χ2v) is 6.62. The Hall–Kier alpha value is -2.94. The van der Waals surface area contributed by atoms with Crippen LogP contribution in [0.5, 0.6) is 0 Å². The SMILES string of the molecule is Cc1nc(-c2cccc(Cl)c2)n(Cc2cccc(C#N)c2)c(=O)c1CCO. The van der Waals surface area contributed by atoms with Crippen molar-refractivity contribution in [3.05, 3.63) is 86.3 Å². The van der Waals surface area contributed by atoms with E-state index in [2.05, 4.69) is 11.1 Å². The largest absolute Gasteiger partial charge is 0.396 e. The molecule has 0 aliphatic rings. The Balaban J connectivity index is 2.20. The second-order valence-electron chi connectivity index (χ2n) is 6.19. The minimum atomic E-state index is -0.200. The molecular weight excluding hydrogens is 362 g/mol. The van der Waals surface area contributed by atoms with Gasteiger partial charge in [-0.3, -0.25) is 9.36 Å². The summed E-state index contributed by atoms with van der Waals surface area (Å²) in [5.74, 6) is 0.504. The van der Waals surface area contributed by atoms with Crippen molar-refractivity contribution in [2.24, 2.45) is 0 Å². The number of nitriles is 1. The van der Waals surface area contributed by atoms with E-state index in [0.29, 0.717) is 27.7 Å². The van der Waals surface area contributed by atoms with E-state index >= 15 is 0 Å². The van der Waals surface area contributed by atoms with E-state index in [4.69, 9.17) is 16.9 Å². The predicted molar refractivity (Wildman–Crippen MR) is 105 cm³/mol. The zero-order valence-corrected chi connectivity index (χ0v) is 15.6. The average Bonchev–Trinajstić information content (AvgIpc) is 2.67. The molecule has 0 atom stereocenters. The van der Waals surface area contributed by atoms with Gasteiger partial charge in [0.15, 0.2) is 0 Å². The van der Waals surface area contributed by atoms with Gasteiger partial charge in [0.2, 0.25) is 0 Å². The van der Waals surface area contributed by atoms with Crippen molar-refractivity contribution in [2.45, 2.75) is 19.9 Å². The van der Waals surface area contributed by atoms with Crippen molar-refractivity contribution >= 4 is 11.6 Å². The van der Waals surface area contributed by atoms with Gasteiger partial charge in [-0.25, -0.2) is 4.98 Å². The van der Waals surface area contributed by atoms with Gasteiger partial charge >= 0.3 is 0 Å². The molecule has 0 bridgehead atoms. The van der Waals surface area contributed by atoms with Crippen molar-refractivity contribution in [1.29, 1.82) is 5.26 Å². The highest BCUT2D eigenvalue weighted by Crippen LogP contribution is 2.22. The highest BCUT2D eigenvalue weighted by Gasteiger charge is 2.16. The van der Waals surface area contributed by atoms with Crippen LogP contribution in [0.4, 0.5) is 0 Å². The van der Waals surface area contributed by atoms with Crippen LogP contribution in [0.15, 0.2) is 53.3 Å². The highest BCUT2D eigenvalue weighted by molar-refractivity contribution is 6.30. The molecule has 0 amide bonds. The normalized spacial score (nSPS) is 10.6. The van der Waals surface area contributed by atoms with E-state index in [1.165, 1.54) is 0 Å². The lowest BCUT2D eigenvalue weighted by Crippen LogP contribution is -2.29. The zero-order chi connectivity index (χ0) is 19.4. The Labute approximate surface area is 162 Å². The van der Waals surface area contributed by atoms with E-state index < -0.39 is 0 Å². The second kappa shape index (κ2) is 8.17. The van der Waals surface area contributed by atoms with Gasteiger partial charge in [-0.1, -0.05) is 35.9 Å². The lowest BCUT2D eigenvalue weighted by atomic mass is 10.1. The van der Waals surface area contributed by atoms with Gasteiger partial charge in [-0.15, -0.1) is 0 Å². The Bertz CT molecular complexity index is 1080. The minimum Gasteiger partial charge on any atom is -0.396 e. The summed E-state index contributed by atoms with van der Waals surface area (Å²) in [7, 11) is 0. The van der Waals surface area contributed by atoms with Crippen molar-refractivity contribution in [3.63, 3.8) is 0 Å². The summed E-state index contributed by atoms with van der Waals surface area (Å²) in [4.78, 5) is 17.8. The summed E-state index contributed by atoms with van der Waals surface area (Å²) in [6, 6.07) is 16.4. The summed E-state index contributed by atoms with van der Waals surface area (Å²) in [6.07, 6.45) is 0.242. The highest BCUT2D eigenvalue weighted by atomic mass is 35.5. The van der Waals surface area contributed by atoms with Crippen molar-refractivity contribution < 1.29 is 5.11 Å². The molecule has 0 spiro atoms. The van der Waals surface area contributed by atoms with Crippen LogP contribution >= 0.6 is 11.6 Å². The van der Waals surface area contributed by atoms with Crippen LogP contribution in [0.2, 0.25) is 5.02 Å². The summed E-state index contributed by atoms with van der Waals surface area (Å²) in [5, 5.41) is 19.0. The molecule has 0 saturated carbocycles. The molecule has 1 heterocycles. The number of halogens is 1. The predicted octanol–water partition coefficient (Wildman–Crippen LogP) is 3.33. The summed E-state index contributed by atoms with van der Waals surface area (Å²) in [6.45, 7) is 1.90. The molecule has 0 unspecified atom stereocenters. The summed E-state index contributed by atoms with van der Waals surface area (Å²) >= 11 is 6.12. The molecule has 3 aromatic rings. The van der Waals surface area contributed by atoms with E-state index in [-0.39, 0.29) is 25.1 Å².